The Kier molecular flexibility index (Phi) is 9.27. The first-order valence-corrected chi connectivity index (χ1v) is 9.00. The second kappa shape index (κ2) is 10.7. The number of hydrogen-bond acceptors (Lipinski definition) is 5. The molecule has 2 rings (SSSR count). The number of carboxylic acids is 1. The average molecular weight is 389 g/mol. The number of amides is 1. The molecule has 1 atom stereocenters. The summed E-state index contributed by atoms with van der Waals surface area (Å²) in [7, 11) is 0. The third-order valence-corrected chi connectivity index (χ3v) is 5.24. The van der Waals surface area contributed by atoms with Gasteiger partial charge >= 0.3 is 5.97 Å². The van der Waals surface area contributed by atoms with Crippen molar-refractivity contribution in [2.24, 2.45) is 0 Å². The van der Waals surface area contributed by atoms with E-state index in [-0.39, 0.29) is 24.7 Å². The van der Waals surface area contributed by atoms with Crippen LogP contribution in [-0.2, 0) is 19.2 Å². The van der Waals surface area contributed by atoms with Crippen LogP contribution < -0.4 is 5.32 Å². The van der Waals surface area contributed by atoms with Crippen molar-refractivity contribution < 1.29 is 19.4 Å². The first-order valence-electron chi connectivity index (χ1n) is 8.02. The van der Waals surface area contributed by atoms with Crippen LogP contribution >= 0.6 is 24.2 Å². The summed E-state index contributed by atoms with van der Waals surface area (Å²) in [5.41, 5.74) is 0.801. The Hall–Kier alpha value is -1.28. The lowest BCUT2D eigenvalue weighted by molar-refractivity contribution is -0.138. The predicted octanol–water partition coefficient (Wildman–Crippen LogP) is 1.94. The summed E-state index contributed by atoms with van der Waals surface area (Å²) in [6, 6.07) is 9.31. The molecule has 25 heavy (non-hydrogen) atoms. The zero-order chi connectivity index (χ0) is 17.4. The smallest absolute Gasteiger partial charge is 0.306 e. The molecule has 1 unspecified atom stereocenters. The van der Waals surface area contributed by atoms with Crippen LogP contribution in [-0.4, -0.2) is 60.5 Å². The lowest BCUT2D eigenvalue weighted by Gasteiger charge is -2.34. The second-order valence-corrected chi connectivity index (χ2v) is 7.14. The Balaban J connectivity index is 0.00000312. The van der Waals surface area contributed by atoms with Crippen LogP contribution in [0.25, 0.3) is 0 Å². The normalized spacial score (nSPS) is 17.2. The molecule has 6 nitrogen and oxygen atoms in total. The van der Waals surface area contributed by atoms with E-state index in [9.17, 15) is 14.7 Å². The number of nitrogens with one attached hydrogen (secondary N) is 1. The Morgan fingerprint density at radius 2 is 1.92 bits per heavy atom. The molecule has 1 heterocycles. The molecule has 2 N–H and O–H groups in total. The number of benzene rings is 1. The number of nitrogens with zero attached hydrogens (tertiary/aromatic N) is 1. The Morgan fingerprint density at radius 1 is 1.28 bits per heavy atom. The lowest BCUT2D eigenvalue weighted by Crippen LogP contribution is -2.45. The van der Waals surface area contributed by atoms with Crippen molar-refractivity contribution in [2.45, 2.75) is 18.2 Å². The molecule has 140 valence electrons. The van der Waals surface area contributed by atoms with Crippen LogP contribution in [0.2, 0.25) is 0 Å². The molecule has 1 fully saturated rings. The molecular formula is C17H25ClN2O4S. The standard InChI is InChI=1S/C17H24N2O4S.ClH/c1-14(20)18-17(13-16(21)22,15-5-3-2-4-6-15)24-12-9-19-7-10-23-11-8-19;/h2-6H,7-13H2,1H3,(H,18,20)(H,21,22);1H. The summed E-state index contributed by atoms with van der Waals surface area (Å²) in [6.45, 7) is 5.49. The molecule has 0 spiro atoms. The minimum absolute atomic E-state index is 0. The monoisotopic (exact) mass is 388 g/mol. The first kappa shape index (κ1) is 21.8. The van der Waals surface area contributed by atoms with Gasteiger partial charge in [0.05, 0.1) is 19.6 Å². The van der Waals surface area contributed by atoms with Crippen LogP contribution in [0.15, 0.2) is 30.3 Å². The van der Waals surface area contributed by atoms with Gasteiger partial charge in [-0.15, -0.1) is 24.2 Å². The number of morpholine rings is 1. The fourth-order valence-electron chi connectivity index (χ4n) is 2.77. The van der Waals surface area contributed by atoms with Gasteiger partial charge in [-0.25, -0.2) is 0 Å². The Bertz CT molecular complexity index is 537. The molecule has 8 heteroatoms. The van der Waals surface area contributed by atoms with Crippen molar-refractivity contribution in [3.63, 3.8) is 0 Å². The van der Waals surface area contributed by atoms with E-state index < -0.39 is 10.8 Å². The van der Waals surface area contributed by atoms with Crippen molar-refractivity contribution >= 4 is 36.0 Å². The molecule has 0 aromatic heterocycles. The van der Waals surface area contributed by atoms with Gasteiger partial charge in [0.1, 0.15) is 4.87 Å². The molecule has 1 aromatic rings. The van der Waals surface area contributed by atoms with E-state index in [0.29, 0.717) is 0 Å². The van der Waals surface area contributed by atoms with Crippen molar-refractivity contribution in [1.29, 1.82) is 0 Å². The summed E-state index contributed by atoms with van der Waals surface area (Å²) in [6.07, 6.45) is -0.162. The number of ether oxygens (including phenoxy) is 1. The highest BCUT2D eigenvalue weighted by atomic mass is 35.5. The first-order chi connectivity index (χ1) is 11.5. The van der Waals surface area contributed by atoms with Gasteiger partial charge in [0.2, 0.25) is 5.91 Å². The maximum atomic E-state index is 11.7. The van der Waals surface area contributed by atoms with Gasteiger partial charge in [-0.3, -0.25) is 14.5 Å². The fourth-order valence-corrected chi connectivity index (χ4v) is 4.21. The van der Waals surface area contributed by atoms with Crippen molar-refractivity contribution in [3.05, 3.63) is 35.9 Å². The maximum Gasteiger partial charge on any atom is 0.306 e. The highest BCUT2D eigenvalue weighted by Crippen LogP contribution is 2.37. The number of carbonyl (C=O) groups is 2. The van der Waals surface area contributed by atoms with Crippen LogP contribution in [0.3, 0.4) is 0 Å². The van der Waals surface area contributed by atoms with Gasteiger partial charge in [0.15, 0.2) is 0 Å². The van der Waals surface area contributed by atoms with E-state index in [1.54, 1.807) is 0 Å². The van der Waals surface area contributed by atoms with Crippen LogP contribution in [0, 0.1) is 0 Å². The maximum absolute atomic E-state index is 11.7. The van der Waals surface area contributed by atoms with Gasteiger partial charge in [-0.2, -0.15) is 0 Å². The van der Waals surface area contributed by atoms with Gasteiger partial charge in [-0.05, 0) is 5.56 Å². The Morgan fingerprint density at radius 3 is 2.48 bits per heavy atom. The number of halogens is 1. The highest BCUT2D eigenvalue weighted by Gasteiger charge is 2.36. The van der Waals surface area contributed by atoms with Crippen molar-refractivity contribution in [3.8, 4) is 0 Å². The van der Waals surface area contributed by atoms with Crippen LogP contribution in [0.1, 0.15) is 18.9 Å². The molecule has 1 aromatic carbocycles. The summed E-state index contributed by atoms with van der Waals surface area (Å²) >= 11 is 1.48. The number of carbonyl (C=O) groups excluding carboxylic acids is 1. The third kappa shape index (κ3) is 6.86. The molecule has 1 aliphatic rings. The number of aliphatic carboxylic acids is 1. The van der Waals surface area contributed by atoms with E-state index in [0.717, 1.165) is 44.2 Å². The third-order valence-electron chi connectivity index (χ3n) is 3.88. The largest absolute Gasteiger partial charge is 0.481 e. The number of carboxylic acid groups (broad SMARTS) is 1. The summed E-state index contributed by atoms with van der Waals surface area (Å²) < 4.78 is 5.34. The zero-order valence-electron chi connectivity index (χ0n) is 14.3. The minimum atomic E-state index is -0.953. The van der Waals surface area contributed by atoms with Gasteiger partial charge in [0.25, 0.3) is 0 Å². The fraction of sp³-hybridized carbons (Fsp3) is 0.529. The van der Waals surface area contributed by atoms with Crippen LogP contribution in [0.4, 0.5) is 0 Å². The molecule has 0 aliphatic carbocycles. The second-order valence-electron chi connectivity index (χ2n) is 5.75. The number of hydrogen-bond donors (Lipinski definition) is 2. The molecule has 0 saturated carbocycles. The van der Waals surface area contributed by atoms with Gasteiger partial charge in [-0.1, -0.05) is 30.3 Å². The lowest BCUT2D eigenvalue weighted by atomic mass is 10.0. The minimum Gasteiger partial charge on any atom is -0.481 e. The van der Waals surface area contributed by atoms with Gasteiger partial charge < -0.3 is 15.2 Å². The zero-order valence-corrected chi connectivity index (χ0v) is 15.9. The molecule has 0 bridgehead atoms. The Labute approximate surface area is 158 Å². The quantitative estimate of drug-likeness (QED) is 0.662. The summed E-state index contributed by atoms with van der Waals surface area (Å²) in [5.74, 6) is -0.451. The molecule has 0 radical (unpaired) electrons. The average Bonchev–Trinajstić information content (AvgIpc) is 2.55. The van der Waals surface area contributed by atoms with Crippen molar-refractivity contribution in [1.82, 2.24) is 10.2 Å². The highest BCUT2D eigenvalue weighted by molar-refractivity contribution is 8.00. The summed E-state index contributed by atoms with van der Waals surface area (Å²) in [5, 5.41) is 12.3. The molecule has 1 aliphatic heterocycles. The molecule has 1 amide bonds. The SMILES string of the molecule is CC(=O)NC(CC(=O)O)(SCCN1CCOCC1)c1ccccc1.Cl. The van der Waals surface area contributed by atoms with Crippen LogP contribution in [0.5, 0.6) is 0 Å². The van der Waals surface area contributed by atoms with E-state index >= 15 is 0 Å². The summed E-state index contributed by atoms with van der Waals surface area (Å²) in [4.78, 5) is 24.5. The van der Waals surface area contributed by atoms with E-state index in [1.165, 1.54) is 18.7 Å². The van der Waals surface area contributed by atoms with Crippen molar-refractivity contribution in [2.75, 3.05) is 38.6 Å². The van der Waals surface area contributed by atoms with Gasteiger partial charge in [0, 0.05) is 32.3 Å². The molecule has 1 saturated heterocycles. The number of thioether (sulfide) groups is 1. The van der Waals surface area contributed by atoms with E-state index in [2.05, 4.69) is 10.2 Å². The number of rotatable bonds is 8. The topological polar surface area (TPSA) is 78.9 Å². The van der Waals surface area contributed by atoms with E-state index in [1.807, 2.05) is 30.3 Å². The van der Waals surface area contributed by atoms with E-state index in [4.69, 9.17) is 4.74 Å². The molecular weight excluding hydrogens is 364 g/mol. The predicted molar refractivity (Wildman–Crippen MR) is 101 cm³/mol.